The SMILES string of the molecule is CC(C)[C@@H](Oc1ccc(CN2CC(=O)N3CCN(C(=O)C4SCCN4C(=O)C[C@H](N)Cc4cc(F)c(F)cc4F)CC3C2=O)cc1)C(=O)O.Cl. The van der Waals surface area contributed by atoms with Gasteiger partial charge in [0.15, 0.2) is 23.1 Å². The van der Waals surface area contributed by atoms with E-state index in [1.165, 1.54) is 31.4 Å². The van der Waals surface area contributed by atoms with E-state index in [-0.39, 0.29) is 93.7 Å². The van der Waals surface area contributed by atoms with E-state index in [9.17, 15) is 42.3 Å². The lowest BCUT2D eigenvalue weighted by Gasteiger charge is -2.46. The third kappa shape index (κ3) is 8.64. The Kier molecular flexibility index (Phi) is 12.7. The van der Waals surface area contributed by atoms with Crippen molar-refractivity contribution in [2.75, 3.05) is 38.5 Å². The Hall–Kier alpha value is -4.02. The van der Waals surface area contributed by atoms with Crippen LogP contribution in [0.25, 0.3) is 0 Å². The minimum atomic E-state index is -1.33. The summed E-state index contributed by atoms with van der Waals surface area (Å²) in [5, 5.41) is 8.51. The average Bonchev–Trinajstić information content (AvgIpc) is 3.55. The molecule has 0 saturated carbocycles. The molecule has 0 bridgehead atoms. The summed E-state index contributed by atoms with van der Waals surface area (Å²) in [5.74, 6) is -5.45. The van der Waals surface area contributed by atoms with Crippen LogP contribution in [0.4, 0.5) is 13.2 Å². The molecular weight excluding hydrogens is 703 g/mol. The molecule has 3 N–H and O–H groups in total. The van der Waals surface area contributed by atoms with E-state index in [4.69, 9.17) is 10.5 Å². The molecule has 0 spiro atoms. The first-order chi connectivity index (χ1) is 23.2. The lowest BCUT2D eigenvalue weighted by atomic mass is 10.0. The molecule has 3 heterocycles. The Labute approximate surface area is 297 Å². The number of carbonyl (C=O) groups is 5. The van der Waals surface area contributed by atoms with Crippen LogP contribution in [0.15, 0.2) is 36.4 Å². The number of halogens is 4. The number of fused-ring (bicyclic) bond motifs is 1. The van der Waals surface area contributed by atoms with E-state index < -0.39 is 52.9 Å². The second kappa shape index (κ2) is 16.3. The third-order valence-electron chi connectivity index (χ3n) is 8.77. The van der Waals surface area contributed by atoms with Gasteiger partial charge in [0.05, 0.1) is 6.54 Å². The van der Waals surface area contributed by atoms with E-state index in [1.807, 2.05) is 0 Å². The van der Waals surface area contributed by atoms with Gasteiger partial charge < -0.3 is 35.2 Å². The van der Waals surface area contributed by atoms with Gasteiger partial charge in [-0.3, -0.25) is 19.2 Å². The molecular formula is C33H39ClF3N5O7S. The van der Waals surface area contributed by atoms with Crippen molar-refractivity contribution in [1.82, 2.24) is 19.6 Å². The highest BCUT2D eigenvalue weighted by Gasteiger charge is 2.46. The number of benzene rings is 2. The van der Waals surface area contributed by atoms with E-state index in [2.05, 4.69) is 0 Å². The quantitative estimate of drug-likeness (QED) is 0.331. The molecule has 272 valence electrons. The number of thioether (sulfide) groups is 1. The number of amides is 4. The minimum Gasteiger partial charge on any atom is -0.478 e. The number of carbonyl (C=O) groups excluding carboxylic acids is 4. The fourth-order valence-corrected chi connectivity index (χ4v) is 7.40. The van der Waals surface area contributed by atoms with Crippen molar-refractivity contribution >= 4 is 53.8 Å². The van der Waals surface area contributed by atoms with Crippen molar-refractivity contribution in [2.24, 2.45) is 11.7 Å². The fourth-order valence-electron chi connectivity index (χ4n) is 6.18. The van der Waals surface area contributed by atoms with Gasteiger partial charge in [-0.15, -0.1) is 24.2 Å². The monoisotopic (exact) mass is 741 g/mol. The molecule has 50 heavy (non-hydrogen) atoms. The zero-order valence-corrected chi connectivity index (χ0v) is 29.1. The van der Waals surface area contributed by atoms with Crippen LogP contribution in [0.3, 0.4) is 0 Å². The molecule has 2 aromatic carbocycles. The summed E-state index contributed by atoms with van der Waals surface area (Å²) in [5.41, 5.74) is 6.61. The number of piperazine rings is 2. The second-order valence-electron chi connectivity index (χ2n) is 12.7. The molecule has 3 fully saturated rings. The first-order valence-corrected chi connectivity index (χ1v) is 16.9. The number of hydrogen-bond acceptors (Lipinski definition) is 8. The molecule has 2 unspecified atom stereocenters. The Bertz CT molecular complexity index is 1620. The van der Waals surface area contributed by atoms with Crippen LogP contribution >= 0.6 is 24.2 Å². The van der Waals surface area contributed by atoms with Crippen molar-refractivity contribution in [1.29, 1.82) is 0 Å². The van der Waals surface area contributed by atoms with E-state index in [0.717, 1.165) is 0 Å². The van der Waals surface area contributed by atoms with Gasteiger partial charge in [-0.05, 0) is 35.7 Å². The van der Waals surface area contributed by atoms with Crippen LogP contribution < -0.4 is 10.5 Å². The number of hydrogen-bond donors (Lipinski definition) is 2. The second-order valence-corrected chi connectivity index (χ2v) is 13.9. The van der Waals surface area contributed by atoms with E-state index in [0.29, 0.717) is 29.2 Å². The number of carboxylic acid groups (broad SMARTS) is 1. The molecule has 3 aliphatic rings. The number of nitrogens with zero attached hydrogens (tertiary/aromatic N) is 4. The summed E-state index contributed by atoms with van der Waals surface area (Å²) in [7, 11) is 0. The van der Waals surface area contributed by atoms with Crippen molar-refractivity contribution in [3.63, 3.8) is 0 Å². The highest BCUT2D eigenvalue weighted by molar-refractivity contribution is 8.00. The Morgan fingerprint density at radius 2 is 1.70 bits per heavy atom. The van der Waals surface area contributed by atoms with Gasteiger partial charge in [-0.25, -0.2) is 18.0 Å². The van der Waals surface area contributed by atoms with E-state index >= 15 is 0 Å². The standard InChI is InChI=1S/C33H38F3N5O7S.ClH/c1-18(2)29(33(46)47)48-22-5-3-19(4-6-22)15-39-17-28(43)40-8-7-38(16-26(40)30(39)44)31(45)32-41(9-10-49-32)27(42)13-21(37)11-20-12-24(35)25(36)14-23(20)34;/h3-6,12,14,18,21,26,29,32H,7-11,13,15-17,37H2,1-2H3,(H,46,47);1H/t21-,26?,29-,32?;/m1./s1. The number of aliphatic carboxylic acids is 1. The first-order valence-electron chi connectivity index (χ1n) is 15.9. The number of carboxylic acids is 1. The molecule has 3 aliphatic heterocycles. The normalized spacial score (nSPS) is 20.4. The fraction of sp³-hybridized carbons (Fsp3) is 0.485. The maximum Gasteiger partial charge on any atom is 0.345 e. The number of rotatable bonds is 11. The third-order valence-corrected chi connectivity index (χ3v) is 9.96. The van der Waals surface area contributed by atoms with Gasteiger partial charge in [0.25, 0.3) is 5.91 Å². The van der Waals surface area contributed by atoms with Gasteiger partial charge in [-0.1, -0.05) is 26.0 Å². The Morgan fingerprint density at radius 3 is 2.36 bits per heavy atom. The topological polar surface area (TPSA) is 154 Å². The molecule has 4 atom stereocenters. The molecule has 12 nitrogen and oxygen atoms in total. The van der Waals surface area contributed by atoms with Crippen LogP contribution in [0.2, 0.25) is 0 Å². The molecule has 0 aromatic heterocycles. The molecule has 3 saturated heterocycles. The van der Waals surface area contributed by atoms with Crippen LogP contribution in [0.5, 0.6) is 5.75 Å². The molecule has 4 amide bonds. The molecule has 5 rings (SSSR count). The van der Waals surface area contributed by atoms with Gasteiger partial charge in [0.2, 0.25) is 17.7 Å². The van der Waals surface area contributed by atoms with Crippen LogP contribution in [0, 0.1) is 23.4 Å². The summed E-state index contributed by atoms with van der Waals surface area (Å²) in [4.78, 5) is 70.8. The Balaban J connectivity index is 0.00000562. The van der Waals surface area contributed by atoms with Gasteiger partial charge in [0, 0.05) is 56.4 Å². The van der Waals surface area contributed by atoms with Crippen LogP contribution in [-0.2, 0) is 36.9 Å². The highest BCUT2D eigenvalue weighted by Crippen LogP contribution is 2.29. The predicted octanol–water partition coefficient (Wildman–Crippen LogP) is 2.26. The zero-order chi connectivity index (χ0) is 35.6. The summed E-state index contributed by atoms with van der Waals surface area (Å²) in [6.45, 7) is 4.00. The lowest BCUT2D eigenvalue weighted by Crippen LogP contribution is -2.68. The summed E-state index contributed by atoms with van der Waals surface area (Å²) in [6, 6.07) is 5.92. The van der Waals surface area contributed by atoms with Gasteiger partial charge >= 0.3 is 5.97 Å². The zero-order valence-electron chi connectivity index (χ0n) is 27.4. The van der Waals surface area contributed by atoms with E-state index in [1.54, 1.807) is 38.1 Å². The molecule has 0 aliphatic carbocycles. The van der Waals surface area contributed by atoms with Crippen molar-refractivity contribution in [3.05, 3.63) is 65.0 Å². The maximum absolute atomic E-state index is 14.1. The minimum absolute atomic E-state index is 0. The first kappa shape index (κ1) is 38.8. The number of nitrogens with two attached hydrogens (primary N) is 1. The van der Waals surface area contributed by atoms with Crippen molar-refractivity contribution in [3.8, 4) is 5.75 Å². The highest BCUT2D eigenvalue weighted by atomic mass is 35.5. The molecule has 2 aromatic rings. The lowest BCUT2D eigenvalue weighted by molar-refractivity contribution is -0.162. The van der Waals surface area contributed by atoms with Gasteiger partial charge in [0.1, 0.15) is 24.2 Å². The van der Waals surface area contributed by atoms with Crippen molar-refractivity contribution in [2.45, 2.75) is 56.8 Å². The average molecular weight is 742 g/mol. The Morgan fingerprint density at radius 1 is 1.02 bits per heavy atom. The smallest absolute Gasteiger partial charge is 0.345 e. The summed E-state index contributed by atoms with van der Waals surface area (Å²) in [6.07, 6.45) is -1.50. The molecule has 0 radical (unpaired) electrons. The van der Waals surface area contributed by atoms with Crippen LogP contribution in [-0.4, -0.2) is 116 Å². The van der Waals surface area contributed by atoms with Crippen LogP contribution in [0.1, 0.15) is 31.4 Å². The molecule has 17 heteroatoms. The summed E-state index contributed by atoms with van der Waals surface area (Å²) < 4.78 is 46.6. The summed E-state index contributed by atoms with van der Waals surface area (Å²) >= 11 is 1.26. The maximum atomic E-state index is 14.1. The number of ether oxygens (including phenoxy) is 1. The van der Waals surface area contributed by atoms with Crippen molar-refractivity contribution < 1.29 is 47.0 Å². The largest absolute Gasteiger partial charge is 0.478 e. The van der Waals surface area contributed by atoms with Gasteiger partial charge in [-0.2, -0.15) is 0 Å². The predicted molar refractivity (Wildman–Crippen MR) is 179 cm³/mol.